The van der Waals surface area contributed by atoms with Gasteiger partial charge < -0.3 is 19.1 Å². The summed E-state index contributed by atoms with van der Waals surface area (Å²) in [6, 6.07) is 6.10. The van der Waals surface area contributed by atoms with E-state index in [4.69, 9.17) is 25.8 Å². The van der Waals surface area contributed by atoms with Crippen LogP contribution in [0, 0.1) is 0 Å². The number of carbonyl (C=O) groups is 1. The normalized spacial score (nSPS) is 21.4. The van der Waals surface area contributed by atoms with Gasteiger partial charge >= 0.3 is 6.09 Å². The molecule has 0 spiro atoms. The smallest absolute Gasteiger partial charge is 0.410 e. The molecule has 0 saturated carbocycles. The highest BCUT2D eigenvalue weighted by Crippen LogP contribution is 2.34. The number of likely N-dealkylation sites (N-methyl/N-ethyl adjacent to an activating group) is 1. The molecule has 27 heavy (non-hydrogen) atoms. The molecule has 1 atom stereocenters. The topological polar surface area (TPSA) is 51.2 Å². The Bertz CT molecular complexity index is 672. The van der Waals surface area contributed by atoms with Crippen molar-refractivity contribution in [3.63, 3.8) is 0 Å². The van der Waals surface area contributed by atoms with Crippen molar-refractivity contribution in [3.8, 4) is 0 Å². The van der Waals surface area contributed by atoms with Crippen LogP contribution in [0.15, 0.2) is 18.2 Å². The molecule has 150 valence electrons. The van der Waals surface area contributed by atoms with Gasteiger partial charge in [-0.15, -0.1) is 0 Å². The monoisotopic (exact) mass is 396 g/mol. The number of rotatable bonds is 3. The molecule has 0 bridgehead atoms. The fourth-order valence-electron chi connectivity index (χ4n) is 3.24. The van der Waals surface area contributed by atoms with Crippen molar-refractivity contribution < 1.29 is 19.0 Å². The number of anilines is 1. The molecule has 2 fully saturated rings. The Labute approximate surface area is 166 Å². The summed E-state index contributed by atoms with van der Waals surface area (Å²) in [6.07, 6.45) is 0.442. The zero-order valence-corrected chi connectivity index (χ0v) is 17.3. The van der Waals surface area contributed by atoms with Crippen molar-refractivity contribution in [1.29, 1.82) is 0 Å². The van der Waals surface area contributed by atoms with E-state index in [1.807, 2.05) is 46.0 Å². The SMILES string of the molecule is CN(c1ccc(C2COCCCN2C(=O)OC(C)(C)C)c(Cl)c1)C1COC1. The van der Waals surface area contributed by atoms with Gasteiger partial charge in [0.1, 0.15) is 5.60 Å². The van der Waals surface area contributed by atoms with Crippen LogP contribution < -0.4 is 4.90 Å². The first-order valence-electron chi connectivity index (χ1n) is 9.43. The second kappa shape index (κ2) is 8.25. The summed E-state index contributed by atoms with van der Waals surface area (Å²) in [6.45, 7) is 8.69. The van der Waals surface area contributed by atoms with E-state index in [1.165, 1.54) is 0 Å². The van der Waals surface area contributed by atoms with Gasteiger partial charge in [0, 0.05) is 30.9 Å². The third-order valence-corrected chi connectivity index (χ3v) is 5.21. The van der Waals surface area contributed by atoms with E-state index in [1.54, 1.807) is 4.90 Å². The molecular weight excluding hydrogens is 368 g/mol. The van der Waals surface area contributed by atoms with Crippen LogP contribution in [0.25, 0.3) is 0 Å². The van der Waals surface area contributed by atoms with E-state index >= 15 is 0 Å². The van der Waals surface area contributed by atoms with Crippen LogP contribution in [0.4, 0.5) is 10.5 Å². The van der Waals surface area contributed by atoms with Crippen molar-refractivity contribution >= 4 is 23.4 Å². The molecule has 1 aromatic rings. The molecule has 6 nitrogen and oxygen atoms in total. The number of nitrogens with zero attached hydrogens (tertiary/aromatic N) is 2. The maximum absolute atomic E-state index is 12.8. The highest BCUT2D eigenvalue weighted by Gasteiger charge is 2.32. The number of halogens is 1. The molecule has 2 saturated heterocycles. The molecule has 0 aliphatic carbocycles. The molecule has 0 radical (unpaired) electrons. The first-order chi connectivity index (χ1) is 12.8. The molecule has 7 heteroatoms. The Morgan fingerprint density at radius 3 is 2.59 bits per heavy atom. The maximum Gasteiger partial charge on any atom is 0.410 e. The van der Waals surface area contributed by atoms with Crippen LogP contribution >= 0.6 is 11.6 Å². The van der Waals surface area contributed by atoms with Crippen LogP contribution in [-0.2, 0) is 14.2 Å². The minimum atomic E-state index is -0.546. The highest BCUT2D eigenvalue weighted by atomic mass is 35.5. The number of hydrogen-bond acceptors (Lipinski definition) is 5. The van der Waals surface area contributed by atoms with Gasteiger partial charge in [0.25, 0.3) is 0 Å². The molecular formula is C20H29ClN2O4. The Kier molecular flexibility index (Phi) is 6.18. The fraction of sp³-hybridized carbons (Fsp3) is 0.650. The third-order valence-electron chi connectivity index (χ3n) is 4.89. The van der Waals surface area contributed by atoms with Crippen LogP contribution in [0.1, 0.15) is 38.8 Å². The minimum absolute atomic E-state index is 0.263. The van der Waals surface area contributed by atoms with E-state index in [0.29, 0.717) is 30.8 Å². The van der Waals surface area contributed by atoms with Crippen molar-refractivity contribution in [2.75, 3.05) is 44.9 Å². The lowest BCUT2D eigenvalue weighted by Crippen LogP contribution is -2.47. The van der Waals surface area contributed by atoms with Crippen LogP contribution in [0.2, 0.25) is 5.02 Å². The molecule has 1 aromatic carbocycles. The molecule has 1 unspecified atom stereocenters. The predicted octanol–water partition coefficient (Wildman–Crippen LogP) is 3.87. The number of carbonyl (C=O) groups excluding carboxylic acids is 1. The lowest BCUT2D eigenvalue weighted by atomic mass is 10.0. The summed E-state index contributed by atoms with van der Waals surface area (Å²) in [5.74, 6) is 0. The second-order valence-electron chi connectivity index (χ2n) is 8.13. The average Bonchev–Trinajstić information content (AvgIpc) is 2.77. The molecule has 2 aliphatic rings. The molecule has 2 heterocycles. The third kappa shape index (κ3) is 4.86. The van der Waals surface area contributed by atoms with Crippen LogP contribution in [0.5, 0.6) is 0 Å². The maximum atomic E-state index is 12.8. The molecule has 3 rings (SSSR count). The zero-order chi connectivity index (χ0) is 19.6. The second-order valence-corrected chi connectivity index (χ2v) is 8.53. The zero-order valence-electron chi connectivity index (χ0n) is 16.5. The molecule has 1 amide bonds. The predicted molar refractivity (Wildman–Crippen MR) is 106 cm³/mol. The summed E-state index contributed by atoms with van der Waals surface area (Å²) >= 11 is 6.64. The molecule has 2 aliphatic heterocycles. The highest BCUT2D eigenvalue weighted by molar-refractivity contribution is 6.31. The minimum Gasteiger partial charge on any atom is -0.444 e. The van der Waals surface area contributed by atoms with E-state index in [9.17, 15) is 4.79 Å². The van der Waals surface area contributed by atoms with E-state index < -0.39 is 5.60 Å². The molecule has 0 N–H and O–H groups in total. The summed E-state index contributed by atoms with van der Waals surface area (Å²) in [5, 5.41) is 0.628. The van der Waals surface area contributed by atoms with Gasteiger partial charge in [-0.1, -0.05) is 17.7 Å². The van der Waals surface area contributed by atoms with Gasteiger partial charge in [-0.3, -0.25) is 4.90 Å². The van der Waals surface area contributed by atoms with Crippen LogP contribution in [-0.4, -0.2) is 62.7 Å². The standard InChI is InChI=1S/C20H29ClN2O4/c1-20(2,3)27-19(24)23-8-5-9-25-13-18(23)16-7-6-14(10-17(16)21)22(4)15-11-26-12-15/h6-7,10,15,18H,5,8-9,11-13H2,1-4H3. The van der Waals surface area contributed by atoms with E-state index in [-0.39, 0.29) is 12.1 Å². The number of amides is 1. The lowest BCUT2D eigenvalue weighted by Gasteiger charge is -2.36. The van der Waals surface area contributed by atoms with Gasteiger partial charge in [-0.05, 0) is 44.9 Å². The summed E-state index contributed by atoms with van der Waals surface area (Å²) < 4.78 is 16.6. The van der Waals surface area contributed by atoms with Gasteiger partial charge in [0.15, 0.2) is 0 Å². The van der Waals surface area contributed by atoms with Gasteiger partial charge in [0.2, 0.25) is 0 Å². The number of hydrogen-bond donors (Lipinski definition) is 0. The summed E-state index contributed by atoms with van der Waals surface area (Å²) in [5.41, 5.74) is 1.37. The summed E-state index contributed by atoms with van der Waals surface area (Å²) in [7, 11) is 2.04. The Morgan fingerprint density at radius 2 is 2.00 bits per heavy atom. The molecule has 0 aromatic heterocycles. The van der Waals surface area contributed by atoms with E-state index in [0.717, 1.165) is 30.9 Å². The van der Waals surface area contributed by atoms with Gasteiger partial charge in [0.05, 0.1) is 31.9 Å². The first kappa shape index (κ1) is 20.2. The number of benzene rings is 1. The van der Waals surface area contributed by atoms with E-state index in [2.05, 4.69) is 4.90 Å². The van der Waals surface area contributed by atoms with Crippen molar-refractivity contribution in [2.24, 2.45) is 0 Å². The Hall–Kier alpha value is -1.50. The lowest BCUT2D eigenvalue weighted by molar-refractivity contribution is 0.0100. The average molecular weight is 397 g/mol. The quantitative estimate of drug-likeness (QED) is 0.776. The largest absolute Gasteiger partial charge is 0.444 e. The Balaban J connectivity index is 1.83. The fourth-order valence-corrected chi connectivity index (χ4v) is 3.54. The van der Waals surface area contributed by atoms with Gasteiger partial charge in [-0.25, -0.2) is 4.79 Å². The van der Waals surface area contributed by atoms with Crippen molar-refractivity contribution in [3.05, 3.63) is 28.8 Å². The van der Waals surface area contributed by atoms with Crippen molar-refractivity contribution in [1.82, 2.24) is 4.90 Å². The van der Waals surface area contributed by atoms with Gasteiger partial charge in [-0.2, -0.15) is 0 Å². The number of ether oxygens (including phenoxy) is 3. The van der Waals surface area contributed by atoms with Crippen LogP contribution in [0.3, 0.4) is 0 Å². The first-order valence-corrected chi connectivity index (χ1v) is 9.81. The summed E-state index contributed by atoms with van der Waals surface area (Å²) in [4.78, 5) is 16.7. The van der Waals surface area contributed by atoms with Crippen molar-refractivity contribution in [2.45, 2.75) is 44.9 Å². The Morgan fingerprint density at radius 1 is 1.26 bits per heavy atom.